The number of hydrogen-bond acceptors (Lipinski definition) is 6. The van der Waals surface area contributed by atoms with Crippen LogP contribution in [0.2, 0.25) is 0 Å². The molecule has 0 atom stereocenters. The number of nitrogens with one attached hydrogen (secondary N) is 1. The summed E-state index contributed by atoms with van der Waals surface area (Å²) in [7, 11) is -4.18. The summed E-state index contributed by atoms with van der Waals surface area (Å²) in [4.78, 5) is 20.9. The highest BCUT2D eigenvalue weighted by Crippen LogP contribution is 2.28. The van der Waals surface area contributed by atoms with Gasteiger partial charge in [-0.1, -0.05) is 0 Å². The molecule has 116 valence electrons. The fraction of sp³-hybridized carbons (Fsp3) is 0.364. The van der Waals surface area contributed by atoms with Gasteiger partial charge in [0.2, 0.25) is 15.9 Å². The first-order chi connectivity index (χ1) is 9.38. The smallest absolute Gasteiger partial charge is 0.293 e. The predicted molar refractivity (Wildman–Crippen MR) is 75.8 cm³/mol. The Balaban J connectivity index is 3.42. The van der Waals surface area contributed by atoms with Gasteiger partial charge in [-0.25, -0.2) is 8.42 Å². The highest BCUT2D eigenvalue weighted by molar-refractivity contribution is 7.89. The van der Waals surface area contributed by atoms with Gasteiger partial charge in [0.05, 0.1) is 9.82 Å². The van der Waals surface area contributed by atoms with Crippen LogP contribution in [-0.4, -0.2) is 24.8 Å². The van der Waals surface area contributed by atoms with Crippen LogP contribution in [0, 0.1) is 17.0 Å². The molecule has 1 rings (SSSR count). The molecular formula is C11H16N4O5S. The summed E-state index contributed by atoms with van der Waals surface area (Å²) >= 11 is 0. The van der Waals surface area contributed by atoms with E-state index < -0.39 is 32.1 Å². The number of carbonyl (C=O) groups excluding carboxylic acids is 1. The van der Waals surface area contributed by atoms with Crippen LogP contribution in [0.25, 0.3) is 0 Å². The van der Waals surface area contributed by atoms with Crippen LogP contribution < -0.4 is 16.2 Å². The quantitative estimate of drug-likeness (QED) is 0.395. The predicted octanol–water partition coefficient (Wildman–Crippen LogP) is 0.0276. The molecule has 0 spiro atoms. The second kappa shape index (κ2) is 5.30. The molecule has 9 nitrogen and oxygen atoms in total. The number of hydrogen-bond donors (Lipinski definition) is 3. The number of sulfonamides is 1. The third-order valence-electron chi connectivity index (χ3n) is 2.82. The van der Waals surface area contributed by atoms with Crippen LogP contribution in [0.15, 0.2) is 17.0 Å². The maximum Gasteiger partial charge on any atom is 0.293 e. The average molecular weight is 316 g/mol. The van der Waals surface area contributed by atoms with E-state index in [0.717, 1.165) is 6.07 Å². The number of primary amides is 1. The molecule has 0 fully saturated rings. The average Bonchev–Trinajstić information content (AvgIpc) is 2.25. The van der Waals surface area contributed by atoms with E-state index in [1.165, 1.54) is 26.8 Å². The van der Waals surface area contributed by atoms with E-state index in [4.69, 9.17) is 11.5 Å². The van der Waals surface area contributed by atoms with Crippen LogP contribution in [-0.2, 0) is 14.8 Å². The summed E-state index contributed by atoms with van der Waals surface area (Å²) in [5, 5.41) is 10.8. The van der Waals surface area contributed by atoms with E-state index in [1.54, 1.807) is 0 Å². The Morgan fingerprint density at radius 3 is 2.33 bits per heavy atom. The molecule has 0 radical (unpaired) electrons. The number of rotatable bonds is 5. The van der Waals surface area contributed by atoms with Gasteiger partial charge >= 0.3 is 0 Å². The maximum absolute atomic E-state index is 12.3. The van der Waals surface area contributed by atoms with E-state index >= 15 is 0 Å². The fourth-order valence-corrected chi connectivity index (χ4v) is 3.22. The summed E-state index contributed by atoms with van der Waals surface area (Å²) in [6.07, 6.45) is 0. The fourth-order valence-electron chi connectivity index (χ4n) is 1.59. The Bertz CT molecular complexity index is 712. The molecule has 0 saturated heterocycles. The van der Waals surface area contributed by atoms with Gasteiger partial charge in [0.15, 0.2) is 0 Å². The number of carbonyl (C=O) groups is 1. The summed E-state index contributed by atoms with van der Waals surface area (Å²) in [6.45, 7) is 4.01. The summed E-state index contributed by atoms with van der Waals surface area (Å²) in [5.74, 6) is -0.881. The van der Waals surface area contributed by atoms with Crippen molar-refractivity contribution < 1.29 is 18.1 Å². The highest BCUT2D eigenvalue weighted by Gasteiger charge is 2.33. The lowest BCUT2D eigenvalue weighted by molar-refractivity contribution is -0.384. The van der Waals surface area contributed by atoms with E-state index in [-0.39, 0.29) is 16.1 Å². The first-order valence-electron chi connectivity index (χ1n) is 5.77. The standard InChI is InChI=1S/C11H16N4O5S/c1-6-4-7(12)8(15(17)18)5-9(6)21(19,20)14-11(2,3)10(13)16/h4-5,14H,12H2,1-3H3,(H2,13,16). The molecule has 0 aliphatic heterocycles. The topological polar surface area (TPSA) is 158 Å². The van der Waals surface area contributed by atoms with E-state index in [9.17, 15) is 23.3 Å². The van der Waals surface area contributed by atoms with Gasteiger partial charge in [-0.05, 0) is 32.4 Å². The number of amides is 1. The lowest BCUT2D eigenvalue weighted by Crippen LogP contribution is -2.52. The molecule has 0 aliphatic carbocycles. The number of nitro benzene ring substituents is 1. The minimum Gasteiger partial charge on any atom is -0.393 e. The molecule has 0 unspecified atom stereocenters. The number of nitro groups is 1. The molecular weight excluding hydrogens is 300 g/mol. The molecule has 21 heavy (non-hydrogen) atoms. The van der Waals surface area contributed by atoms with Gasteiger partial charge in [0.25, 0.3) is 5.69 Å². The van der Waals surface area contributed by atoms with Crippen LogP contribution in [0.1, 0.15) is 19.4 Å². The third-order valence-corrected chi connectivity index (χ3v) is 4.61. The van der Waals surface area contributed by atoms with Crippen molar-refractivity contribution in [2.45, 2.75) is 31.2 Å². The maximum atomic E-state index is 12.3. The second-order valence-corrected chi connectivity index (χ2v) is 6.68. The van der Waals surface area contributed by atoms with Crippen molar-refractivity contribution in [3.8, 4) is 0 Å². The molecule has 1 aromatic carbocycles. The monoisotopic (exact) mass is 316 g/mol. The van der Waals surface area contributed by atoms with Crippen molar-refractivity contribution in [3.63, 3.8) is 0 Å². The van der Waals surface area contributed by atoms with Crippen molar-refractivity contribution >= 4 is 27.3 Å². The number of nitrogens with zero attached hydrogens (tertiary/aromatic N) is 1. The second-order valence-electron chi connectivity index (χ2n) is 5.03. The minimum atomic E-state index is -4.18. The third kappa shape index (κ3) is 3.47. The van der Waals surface area contributed by atoms with Gasteiger partial charge in [0.1, 0.15) is 11.2 Å². The number of anilines is 1. The van der Waals surface area contributed by atoms with E-state index in [2.05, 4.69) is 4.72 Å². The number of nitrogens with two attached hydrogens (primary N) is 2. The van der Waals surface area contributed by atoms with Crippen LogP contribution in [0.5, 0.6) is 0 Å². The summed E-state index contributed by atoms with van der Waals surface area (Å²) in [6, 6.07) is 2.04. The summed E-state index contributed by atoms with van der Waals surface area (Å²) < 4.78 is 26.7. The van der Waals surface area contributed by atoms with Crippen molar-refractivity contribution in [1.82, 2.24) is 4.72 Å². The number of benzene rings is 1. The minimum absolute atomic E-state index is 0.148. The summed E-state index contributed by atoms with van der Waals surface area (Å²) in [5.41, 5.74) is 8.58. The Labute approximate surface area is 121 Å². The first kappa shape index (κ1) is 16.9. The van der Waals surface area contributed by atoms with Gasteiger partial charge in [-0.2, -0.15) is 4.72 Å². The largest absolute Gasteiger partial charge is 0.393 e. The Morgan fingerprint density at radius 1 is 1.38 bits per heavy atom. The Kier molecular flexibility index (Phi) is 4.25. The molecule has 1 amide bonds. The van der Waals surface area contributed by atoms with Crippen LogP contribution in [0.4, 0.5) is 11.4 Å². The van der Waals surface area contributed by atoms with Gasteiger partial charge < -0.3 is 11.5 Å². The van der Waals surface area contributed by atoms with Gasteiger partial charge in [0, 0.05) is 6.07 Å². The lowest BCUT2D eigenvalue weighted by atomic mass is 10.1. The van der Waals surface area contributed by atoms with E-state index in [0.29, 0.717) is 0 Å². The normalized spacial score (nSPS) is 12.1. The Morgan fingerprint density at radius 2 is 1.90 bits per heavy atom. The zero-order valence-corrected chi connectivity index (χ0v) is 12.5. The molecule has 0 heterocycles. The van der Waals surface area contributed by atoms with Crippen molar-refractivity contribution in [2.75, 3.05) is 5.73 Å². The molecule has 0 aliphatic rings. The van der Waals surface area contributed by atoms with Gasteiger partial charge in [-0.3, -0.25) is 14.9 Å². The Hall–Kier alpha value is -2.20. The molecule has 0 saturated carbocycles. The first-order valence-corrected chi connectivity index (χ1v) is 7.25. The molecule has 0 aromatic heterocycles. The molecule has 0 bridgehead atoms. The highest BCUT2D eigenvalue weighted by atomic mass is 32.2. The van der Waals surface area contributed by atoms with E-state index in [1.807, 2.05) is 0 Å². The molecule has 10 heteroatoms. The van der Waals surface area contributed by atoms with Crippen LogP contribution >= 0.6 is 0 Å². The number of aryl methyl sites for hydroxylation is 1. The number of nitrogen functional groups attached to an aromatic ring is 1. The lowest BCUT2D eigenvalue weighted by Gasteiger charge is -2.22. The van der Waals surface area contributed by atoms with Crippen molar-refractivity contribution in [2.24, 2.45) is 5.73 Å². The molecule has 5 N–H and O–H groups in total. The van der Waals surface area contributed by atoms with Gasteiger partial charge in [-0.15, -0.1) is 0 Å². The van der Waals surface area contributed by atoms with Crippen LogP contribution in [0.3, 0.4) is 0 Å². The molecule has 1 aromatic rings. The van der Waals surface area contributed by atoms with Crippen molar-refractivity contribution in [3.05, 3.63) is 27.8 Å². The van der Waals surface area contributed by atoms with Crippen molar-refractivity contribution in [1.29, 1.82) is 0 Å². The zero-order chi connectivity index (χ0) is 16.6. The zero-order valence-electron chi connectivity index (χ0n) is 11.7. The SMILES string of the molecule is Cc1cc(N)c([N+](=O)[O-])cc1S(=O)(=O)NC(C)(C)C(N)=O.